The van der Waals surface area contributed by atoms with Gasteiger partial charge in [0.1, 0.15) is 0 Å². The standard InChI is InChI=1S/C19H22N4O2/c1-14-7-8-16(12-20-14)18(24)23-10-9-17(13-23)22-19(25)21-11-15-5-3-2-4-6-15/h2-8,12,17H,9-11,13H2,1H3,(H2,21,22,25). The highest BCUT2D eigenvalue weighted by Crippen LogP contribution is 2.13. The van der Waals surface area contributed by atoms with Crippen molar-refractivity contribution >= 4 is 11.9 Å². The summed E-state index contributed by atoms with van der Waals surface area (Å²) in [6.07, 6.45) is 2.36. The molecule has 1 saturated heterocycles. The van der Waals surface area contributed by atoms with Crippen LogP contribution in [0, 0.1) is 6.92 Å². The lowest BCUT2D eigenvalue weighted by atomic mass is 10.2. The van der Waals surface area contributed by atoms with Crippen LogP contribution in [-0.2, 0) is 6.54 Å². The molecule has 25 heavy (non-hydrogen) atoms. The van der Waals surface area contributed by atoms with Gasteiger partial charge in [-0.05, 0) is 31.0 Å². The van der Waals surface area contributed by atoms with Crippen LogP contribution in [0.15, 0.2) is 48.7 Å². The van der Waals surface area contributed by atoms with Crippen molar-refractivity contribution in [2.24, 2.45) is 0 Å². The largest absolute Gasteiger partial charge is 0.336 e. The van der Waals surface area contributed by atoms with Crippen LogP contribution in [0.1, 0.15) is 28.0 Å². The number of benzene rings is 1. The van der Waals surface area contributed by atoms with E-state index in [4.69, 9.17) is 0 Å². The van der Waals surface area contributed by atoms with Crippen LogP contribution in [0.5, 0.6) is 0 Å². The normalized spacial score (nSPS) is 16.5. The maximum atomic E-state index is 12.5. The topological polar surface area (TPSA) is 74.3 Å². The molecule has 1 unspecified atom stereocenters. The predicted octanol–water partition coefficient (Wildman–Crippen LogP) is 2.10. The lowest BCUT2D eigenvalue weighted by Crippen LogP contribution is -2.43. The molecule has 0 saturated carbocycles. The average Bonchev–Trinajstić information content (AvgIpc) is 3.09. The van der Waals surface area contributed by atoms with Crippen molar-refractivity contribution in [3.8, 4) is 0 Å². The molecule has 0 aliphatic carbocycles. The quantitative estimate of drug-likeness (QED) is 0.896. The van der Waals surface area contributed by atoms with Crippen LogP contribution in [0.25, 0.3) is 0 Å². The first-order valence-electron chi connectivity index (χ1n) is 8.42. The van der Waals surface area contributed by atoms with Crippen molar-refractivity contribution < 1.29 is 9.59 Å². The third-order valence-corrected chi connectivity index (χ3v) is 4.26. The number of hydrogen-bond donors (Lipinski definition) is 2. The zero-order valence-corrected chi connectivity index (χ0v) is 14.2. The van der Waals surface area contributed by atoms with Gasteiger partial charge in [0.2, 0.25) is 0 Å². The molecule has 1 aliphatic heterocycles. The molecule has 1 atom stereocenters. The summed E-state index contributed by atoms with van der Waals surface area (Å²) >= 11 is 0. The Bertz CT molecular complexity index is 731. The fourth-order valence-electron chi connectivity index (χ4n) is 2.85. The van der Waals surface area contributed by atoms with Crippen molar-refractivity contribution in [3.05, 3.63) is 65.5 Å². The molecule has 1 aromatic carbocycles. The van der Waals surface area contributed by atoms with Gasteiger partial charge in [-0.25, -0.2) is 4.79 Å². The molecular formula is C19H22N4O2. The van der Waals surface area contributed by atoms with E-state index in [-0.39, 0.29) is 18.0 Å². The first-order valence-corrected chi connectivity index (χ1v) is 8.42. The maximum Gasteiger partial charge on any atom is 0.315 e. The Balaban J connectivity index is 1.46. The number of rotatable bonds is 4. The monoisotopic (exact) mass is 338 g/mol. The number of hydrogen-bond acceptors (Lipinski definition) is 3. The van der Waals surface area contributed by atoms with Crippen LogP contribution in [0.3, 0.4) is 0 Å². The van der Waals surface area contributed by atoms with Crippen molar-refractivity contribution in [1.29, 1.82) is 0 Å². The molecule has 1 aromatic heterocycles. The highest BCUT2D eigenvalue weighted by atomic mass is 16.2. The van der Waals surface area contributed by atoms with E-state index in [1.54, 1.807) is 17.2 Å². The van der Waals surface area contributed by atoms with Gasteiger partial charge in [0.25, 0.3) is 5.91 Å². The summed E-state index contributed by atoms with van der Waals surface area (Å²) in [5.41, 5.74) is 2.51. The first kappa shape index (κ1) is 17.0. The minimum Gasteiger partial charge on any atom is -0.336 e. The van der Waals surface area contributed by atoms with E-state index in [1.807, 2.05) is 43.3 Å². The lowest BCUT2D eigenvalue weighted by Gasteiger charge is -2.17. The minimum atomic E-state index is -0.208. The lowest BCUT2D eigenvalue weighted by molar-refractivity contribution is 0.0789. The molecule has 2 heterocycles. The van der Waals surface area contributed by atoms with Gasteiger partial charge in [-0.15, -0.1) is 0 Å². The molecule has 1 aliphatic rings. The Kier molecular flexibility index (Phi) is 5.28. The zero-order valence-electron chi connectivity index (χ0n) is 14.2. The molecule has 3 amide bonds. The van der Waals surface area contributed by atoms with Crippen molar-refractivity contribution in [3.63, 3.8) is 0 Å². The van der Waals surface area contributed by atoms with E-state index >= 15 is 0 Å². The molecule has 3 rings (SSSR count). The molecule has 2 N–H and O–H groups in total. The number of urea groups is 1. The average molecular weight is 338 g/mol. The second kappa shape index (κ2) is 7.79. The molecule has 6 nitrogen and oxygen atoms in total. The number of carbonyl (C=O) groups is 2. The number of pyridine rings is 1. The summed E-state index contributed by atoms with van der Waals surface area (Å²) in [6, 6.07) is 13.1. The SMILES string of the molecule is Cc1ccc(C(=O)N2CCC(NC(=O)NCc3ccccc3)C2)cn1. The van der Waals surface area contributed by atoms with E-state index in [1.165, 1.54) is 0 Å². The highest BCUT2D eigenvalue weighted by Gasteiger charge is 2.28. The van der Waals surface area contributed by atoms with E-state index in [2.05, 4.69) is 15.6 Å². The summed E-state index contributed by atoms with van der Waals surface area (Å²) in [5, 5.41) is 5.78. The molecule has 0 bridgehead atoms. The number of nitrogens with one attached hydrogen (secondary N) is 2. The fourth-order valence-corrected chi connectivity index (χ4v) is 2.85. The number of aromatic nitrogens is 1. The Morgan fingerprint density at radius 2 is 2.00 bits per heavy atom. The maximum absolute atomic E-state index is 12.5. The summed E-state index contributed by atoms with van der Waals surface area (Å²) in [5.74, 6) is -0.0403. The summed E-state index contributed by atoms with van der Waals surface area (Å²) < 4.78 is 0. The molecule has 1 fully saturated rings. The summed E-state index contributed by atoms with van der Waals surface area (Å²) in [7, 11) is 0. The minimum absolute atomic E-state index is 0.0295. The molecule has 6 heteroatoms. The number of carbonyl (C=O) groups excluding carboxylic acids is 2. The van der Waals surface area contributed by atoms with E-state index in [9.17, 15) is 9.59 Å². The molecule has 0 radical (unpaired) electrons. The van der Waals surface area contributed by atoms with Gasteiger partial charge in [-0.1, -0.05) is 30.3 Å². The molecule has 0 spiro atoms. The predicted molar refractivity (Wildman–Crippen MR) is 95.1 cm³/mol. The third kappa shape index (κ3) is 4.56. The van der Waals surface area contributed by atoms with E-state index in [0.717, 1.165) is 17.7 Å². The van der Waals surface area contributed by atoms with Crippen molar-refractivity contribution in [2.75, 3.05) is 13.1 Å². The van der Waals surface area contributed by atoms with Gasteiger partial charge in [0.05, 0.1) is 5.56 Å². The van der Waals surface area contributed by atoms with Crippen molar-refractivity contribution in [2.45, 2.75) is 25.9 Å². The Morgan fingerprint density at radius 1 is 1.20 bits per heavy atom. The second-order valence-electron chi connectivity index (χ2n) is 6.24. The summed E-state index contributed by atoms with van der Waals surface area (Å²) in [4.78, 5) is 30.4. The highest BCUT2D eigenvalue weighted by molar-refractivity contribution is 5.94. The van der Waals surface area contributed by atoms with Crippen LogP contribution < -0.4 is 10.6 Å². The van der Waals surface area contributed by atoms with Gasteiger partial charge in [-0.2, -0.15) is 0 Å². The molecular weight excluding hydrogens is 316 g/mol. The van der Waals surface area contributed by atoms with Crippen LogP contribution in [-0.4, -0.2) is 41.0 Å². The van der Waals surface area contributed by atoms with E-state index in [0.29, 0.717) is 25.2 Å². The molecule has 130 valence electrons. The smallest absolute Gasteiger partial charge is 0.315 e. The second-order valence-corrected chi connectivity index (χ2v) is 6.24. The van der Waals surface area contributed by atoms with Gasteiger partial charge >= 0.3 is 6.03 Å². The Morgan fingerprint density at radius 3 is 2.72 bits per heavy atom. The summed E-state index contributed by atoms with van der Waals surface area (Å²) in [6.45, 7) is 3.52. The number of nitrogens with zero attached hydrogens (tertiary/aromatic N) is 2. The number of amides is 3. The van der Waals surface area contributed by atoms with Crippen LogP contribution in [0.4, 0.5) is 4.79 Å². The van der Waals surface area contributed by atoms with Gasteiger partial charge in [-0.3, -0.25) is 9.78 Å². The van der Waals surface area contributed by atoms with Gasteiger partial charge in [0.15, 0.2) is 0 Å². The fraction of sp³-hybridized carbons (Fsp3) is 0.316. The number of aryl methyl sites for hydroxylation is 1. The van der Waals surface area contributed by atoms with E-state index < -0.39 is 0 Å². The Labute approximate surface area is 147 Å². The third-order valence-electron chi connectivity index (χ3n) is 4.26. The molecule has 2 aromatic rings. The first-order chi connectivity index (χ1) is 12.1. The van der Waals surface area contributed by atoms with Crippen LogP contribution >= 0.6 is 0 Å². The van der Waals surface area contributed by atoms with Crippen LogP contribution in [0.2, 0.25) is 0 Å². The van der Waals surface area contributed by atoms with Crippen molar-refractivity contribution in [1.82, 2.24) is 20.5 Å². The number of likely N-dealkylation sites (tertiary alicyclic amines) is 1. The Hall–Kier alpha value is -2.89. The zero-order chi connectivity index (χ0) is 17.6. The van der Waals surface area contributed by atoms with Gasteiger partial charge in [0, 0.05) is 37.6 Å². The van der Waals surface area contributed by atoms with Gasteiger partial charge < -0.3 is 15.5 Å².